The maximum Gasteiger partial charge on any atom is 0.237 e. The van der Waals surface area contributed by atoms with Gasteiger partial charge in [0.15, 0.2) is 0 Å². The fraction of sp³-hybridized carbons (Fsp3) is 0.533. The van der Waals surface area contributed by atoms with Crippen LogP contribution in [0.1, 0.15) is 17.2 Å². The molecule has 1 aliphatic heterocycles. The molecule has 1 aromatic rings. The van der Waals surface area contributed by atoms with Gasteiger partial charge >= 0.3 is 0 Å². The van der Waals surface area contributed by atoms with Gasteiger partial charge in [0, 0.05) is 36.7 Å². The van der Waals surface area contributed by atoms with Crippen LogP contribution in [-0.2, 0) is 14.8 Å². The van der Waals surface area contributed by atoms with Crippen molar-refractivity contribution in [2.45, 2.75) is 11.7 Å². The SMILES string of the molecule is CN(CC(=O)N1CCSC(c2ccccc2F)CC1)S(C)(=O)=O. The fourth-order valence-electron chi connectivity index (χ4n) is 2.41. The predicted molar refractivity (Wildman–Crippen MR) is 90.3 cm³/mol. The third kappa shape index (κ3) is 4.92. The Morgan fingerprint density at radius 2 is 2.09 bits per heavy atom. The van der Waals surface area contributed by atoms with E-state index in [-0.39, 0.29) is 23.5 Å². The normalized spacial score (nSPS) is 19.7. The van der Waals surface area contributed by atoms with Crippen molar-refractivity contribution in [2.75, 3.05) is 38.7 Å². The fourth-order valence-corrected chi connectivity index (χ4v) is 4.01. The molecule has 1 aliphatic rings. The van der Waals surface area contributed by atoms with Crippen LogP contribution in [0.15, 0.2) is 24.3 Å². The molecule has 8 heteroatoms. The predicted octanol–water partition coefficient (Wildman–Crippen LogP) is 1.72. The minimum absolute atomic E-state index is 0.0154. The van der Waals surface area contributed by atoms with Gasteiger partial charge in [-0.05, 0) is 12.5 Å². The highest BCUT2D eigenvalue weighted by molar-refractivity contribution is 7.99. The molecule has 1 fully saturated rings. The number of rotatable bonds is 4. The summed E-state index contributed by atoms with van der Waals surface area (Å²) in [6.07, 6.45) is 1.73. The van der Waals surface area contributed by atoms with E-state index in [0.717, 1.165) is 10.6 Å². The van der Waals surface area contributed by atoms with Gasteiger partial charge in [-0.25, -0.2) is 12.8 Å². The highest BCUT2D eigenvalue weighted by atomic mass is 32.2. The average Bonchev–Trinajstić information content (AvgIpc) is 2.72. The first kappa shape index (κ1) is 18.2. The van der Waals surface area contributed by atoms with Crippen molar-refractivity contribution in [1.82, 2.24) is 9.21 Å². The number of carbonyl (C=O) groups excluding carboxylic acids is 1. The number of amides is 1. The number of thioether (sulfide) groups is 1. The third-order valence-corrected chi connectivity index (χ3v) is 6.44. The molecular formula is C15H21FN2O3S2. The minimum Gasteiger partial charge on any atom is -0.341 e. The van der Waals surface area contributed by atoms with E-state index in [0.29, 0.717) is 30.8 Å². The number of nitrogens with zero attached hydrogens (tertiary/aromatic N) is 2. The van der Waals surface area contributed by atoms with Crippen LogP contribution in [0, 0.1) is 5.82 Å². The number of benzene rings is 1. The summed E-state index contributed by atoms with van der Waals surface area (Å²) in [5, 5.41) is 0.0154. The van der Waals surface area contributed by atoms with Crippen LogP contribution in [-0.4, -0.2) is 62.2 Å². The number of sulfonamides is 1. The molecule has 0 spiro atoms. The number of likely N-dealkylation sites (N-methyl/N-ethyl adjacent to an activating group) is 1. The van der Waals surface area contributed by atoms with Crippen LogP contribution in [0.4, 0.5) is 4.39 Å². The summed E-state index contributed by atoms with van der Waals surface area (Å²) >= 11 is 1.63. The van der Waals surface area contributed by atoms with E-state index in [2.05, 4.69) is 0 Å². The topological polar surface area (TPSA) is 57.7 Å². The Kier molecular flexibility index (Phi) is 6.05. The van der Waals surface area contributed by atoms with Gasteiger partial charge in [0.1, 0.15) is 5.82 Å². The van der Waals surface area contributed by atoms with Gasteiger partial charge in [-0.1, -0.05) is 18.2 Å². The molecule has 5 nitrogen and oxygen atoms in total. The Labute approximate surface area is 140 Å². The lowest BCUT2D eigenvalue weighted by Gasteiger charge is -2.23. The molecule has 1 aromatic carbocycles. The largest absolute Gasteiger partial charge is 0.341 e. The Bertz CT molecular complexity index is 666. The maximum absolute atomic E-state index is 13.9. The van der Waals surface area contributed by atoms with E-state index in [1.54, 1.807) is 28.8 Å². The molecule has 0 aliphatic carbocycles. The first-order valence-electron chi connectivity index (χ1n) is 7.34. The second-order valence-electron chi connectivity index (χ2n) is 5.57. The van der Waals surface area contributed by atoms with Crippen molar-refractivity contribution in [3.63, 3.8) is 0 Å². The standard InChI is InChI=1S/C15H21FN2O3S2/c1-17(23(2,20)21)11-15(19)18-8-7-14(22-10-9-18)12-5-3-4-6-13(12)16/h3-6,14H,7-11H2,1-2H3. The molecule has 1 saturated heterocycles. The number of carbonyl (C=O) groups is 1. The summed E-state index contributed by atoms with van der Waals surface area (Å²) in [5.41, 5.74) is 0.667. The first-order valence-corrected chi connectivity index (χ1v) is 10.2. The maximum atomic E-state index is 13.9. The smallest absolute Gasteiger partial charge is 0.237 e. The monoisotopic (exact) mass is 360 g/mol. The second-order valence-corrected chi connectivity index (χ2v) is 8.97. The Hall–Kier alpha value is -1.12. The summed E-state index contributed by atoms with van der Waals surface area (Å²) in [4.78, 5) is 13.9. The van der Waals surface area contributed by atoms with E-state index in [9.17, 15) is 17.6 Å². The molecule has 2 rings (SSSR count). The zero-order valence-corrected chi connectivity index (χ0v) is 14.9. The molecular weight excluding hydrogens is 339 g/mol. The Morgan fingerprint density at radius 1 is 1.39 bits per heavy atom. The molecule has 1 amide bonds. The van der Waals surface area contributed by atoms with Gasteiger partial charge in [-0.3, -0.25) is 4.79 Å². The minimum atomic E-state index is -3.37. The summed E-state index contributed by atoms with van der Waals surface area (Å²) in [6.45, 7) is 0.891. The molecule has 0 aromatic heterocycles. The number of hydrogen-bond acceptors (Lipinski definition) is 4. The number of hydrogen-bond donors (Lipinski definition) is 0. The van der Waals surface area contributed by atoms with Gasteiger partial charge in [-0.15, -0.1) is 0 Å². The van der Waals surface area contributed by atoms with Gasteiger partial charge in [0.2, 0.25) is 15.9 Å². The summed E-state index contributed by atoms with van der Waals surface area (Å²) < 4.78 is 37.7. The van der Waals surface area contributed by atoms with Crippen molar-refractivity contribution in [2.24, 2.45) is 0 Å². The molecule has 0 radical (unpaired) electrons. The van der Waals surface area contributed by atoms with Crippen LogP contribution in [0.5, 0.6) is 0 Å². The lowest BCUT2D eigenvalue weighted by molar-refractivity contribution is -0.130. The highest BCUT2D eigenvalue weighted by Gasteiger charge is 2.25. The molecule has 1 atom stereocenters. The van der Waals surface area contributed by atoms with Crippen LogP contribution < -0.4 is 0 Å². The molecule has 0 bridgehead atoms. The number of halogens is 1. The van der Waals surface area contributed by atoms with Crippen molar-refractivity contribution in [3.8, 4) is 0 Å². The van der Waals surface area contributed by atoms with Crippen molar-refractivity contribution in [3.05, 3.63) is 35.6 Å². The van der Waals surface area contributed by atoms with Gasteiger partial charge in [0.25, 0.3) is 0 Å². The van der Waals surface area contributed by atoms with Crippen LogP contribution >= 0.6 is 11.8 Å². The van der Waals surface area contributed by atoms with E-state index in [1.165, 1.54) is 13.1 Å². The van der Waals surface area contributed by atoms with E-state index in [4.69, 9.17) is 0 Å². The Morgan fingerprint density at radius 3 is 2.74 bits per heavy atom. The highest BCUT2D eigenvalue weighted by Crippen LogP contribution is 2.35. The molecule has 128 valence electrons. The Balaban J connectivity index is 1.99. The van der Waals surface area contributed by atoms with Crippen molar-refractivity contribution in [1.29, 1.82) is 0 Å². The average molecular weight is 360 g/mol. The van der Waals surface area contributed by atoms with Crippen LogP contribution in [0.3, 0.4) is 0 Å². The molecule has 0 saturated carbocycles. The summed E-state index contributed by atoms with van der Waals surface area (Å²) in [5.74, 6) is 0.266. The van der Waals surface area contributed by atoms with Crippen molar-refractivity contribution < 1.29 is 17.6 Å². The molecule has 0 N–H and O–H groups in total. The van der Waals surface area contributed by atoms with Crippen LogP contribution in [0.2, 0.25) is 0 Å². The summed E-state index contributed by atoms with van der Waals surface area (Å²) in [7, 11) is -1.98. The summed E-state index contributed by atoms with van der Waals surface area (Å²) in [6, 6.07) is 6.71. The quantitative estimate of drug-likeness (QED) is 0.820. The molecule has 23 heavy (non-hydrogen) atoms. The first-order chi connectivity index (χ1) is 10.8. The van der Waals surface area contributed by atoms with Gasteiger partial charge < -0.3 is 4.90 Å². The van der Waals surface area contributed by atoms with Crippen molar-refractivity contribution >= 4 is 27.7 Å². The van der Waals surface area contributed by atoms with E-state index in [1.807, 2.05) is 6.07 Å². The van der Waals surface area contributed by atoms with E-state index >= 15 is 0 Å². The zero-order chi connectivity index (χ0) is 17.0. The van der Waals surface area contributed by atoms with Crippen LogP contribution in [0.25, 0.3) is 0 Å². The lowest BCUT2D eigenvalue weighted by Crippen LogP contribution is -2.41. The van der Waals surface area contributed by atoms with E-state index < -0.39 is 10.0 Å². The zero-order valence-electron chi connectivity index (χ0n) is 13.2. The second kappa shape index (κ2) is 7.63. The molecule has 1 unspecified atom stereocenters. The van der Waals surface area contributed by atoms with Gasteiger partial charge in [0.05, 0.1) is 12.8 Å². The van der Waals surface area contributed by atoms with Gasteiger partial charge in [-0.2, -0.15) is 16.1 Å². The molecule has 1 heterocycles. The third-order valence-electron chi connectivity index (χ3n) is 3.87. The lowest BCUT2D eigenvalue weighted by atomic mass is 10.1.